The van der Waals surface area contributed by atoms with Crippen LogP contribution in [0.4, 0.5) is 5.69 Å². The molecule has 0 atom stereocenters. The largest absolute Gasteiger partial charge is 0.482 e. The number of nitrogens with zero attached hydrogens (tertiary/aromatic N) is 1. The van der Waals surface area contributed by atoms with Gasteiger partial charge in [0.05, 0.1) is 0 Å². The first-order valence-corrected chi connectivity index (χ1v) is 9.47. The lowest BCUT2D eigenvalue weighted by Gasteiger charge is -2.19. The second kappa shape index (κ2) is 10.8. The summed E-state index contributed by atoms with van der Waals surface area (Å²) in [6, 6.07) is 13.9. The van der Waals surface area contributed by atoms with Crippen LogP contribution in [0.2, 0.25) is 0 Å². The molecule has 154 valence electrons. The molecule has 0 fully saturated rings. The van der Waals surface area contributed by atoms with Crippen molar-refractivity contribution in [3.05, 3.63) is 59.7 Å². The number of hydrogen-bond acceptors (Lipinski definition) is 5. The standard InChI is InChI=1S/C22H26N2O5/c1-4-24(5-2)22(27)17-10-8-11-18(13-17)23-20(25)14-29-21(26)15-28-19-12-7-6-9-16(19)3/h6-13H,4-5,14-15H2,1-3H3,(H,23,25). The number of rotatable bonds is 9. The van der Waals surface area contributed by atoms with Crippen LogP contribution in [0.1, 0.15) is 29.8 Å². The summed E-state index contributed by atoms with van der Waals surface area (Å²) in [6.45, 7) is 6.16. The minimum absolute atomic E-state index is 0.106. The van der Waals surface area contributed by atoms with Crippen LogP contribution in [0, 0.1) is 6.92 Å². The number of ether oxygens (including phenoxy) is 2. The van der Waals surface area contributed by atoms with Crippen LogP contribution in [0.3, 0.4) is 0 Å². The molecule has 1 N–H and O–H groups in total. The Labute approximate surface area is 170 Å². The summed E-state index contributed by atoms with van der Waals surface area (Å²) in [6.07, 6.45) is 0. The van der Waals surface area contributed by atoms with Gasteiger partial charge in [0.1, 0.15) is 5.75 Å². The molecule has 0 saturated carbocycles. The molecule has 0 bridgehead atoms. The van der Waals surface area contributed by atoms with Gasteiger partial charge >= 0.3 is 5.97 Å². The third kappa shape index (κ3) is 6.64. The third-order valence-corrected chi connectivity index (χ3v) is 4.25. The fraction of sp³-hybridized carbons (Fsp3) is 0.318. The Morgan fingerprint density at radius 1 is 0.966 bits per heavy atom. The van der Waals surface area contributed by atoms with Crippen LogP contribution < -0.4 is 10.1 Å². The molecule has 2 aromatic rings. The Hall–Kier alpha value is -3.35. The van der Waals surface area contributed by atoms with E-state index in [4.69, 9.17) is 9.47 Å². The Balaban J connectivity index is 1.83. The average molecular weight is 398 g/mol. The van der Waals surface area contributed by atoms with Crippen molar-refractivity contribution in [3.63, 3.8) is 0 Å². The van der Waals surface area contributed by atoms with E-state index in [0.717, 1.165) is 5.56 Å². The van der Waals surface area contributed by atoms with Crippen molar-refractivity contribution in [2.75, 3.05) is 31.6 Å². The van der Waals surface area contributed by atoms with E-state index in [9.17, 15) is 14.4 Å². The van der Waals surface area contributed by atoms with Gasteiger partial charge in [0.25, 0.3) is 11.8 Å². The predicted molar refractivity (Wildman–Crippen MR) is 110 cm³/mol. The molecule has 0 saturated heterocycles. The Kier molecular flexibility index (Phi) is 8.21. The zero-order valence-electron chi connectivity index (χ0n) is 16.9. The molecule has 29 heavy (non-hydrogen) atoms. The first kappa shape index (κ1) is 21.9. The molecule has 2 aromatic carbocycles. The fourth-order valence-corrected chi connectivity index (χ4v) is 2.66. The van der Waals surface area contributed by atoms with Crippen LogP contribution in [0.15, 0.2) is 48.5 Å². The van der Waals surface area contributed by atoms with Crippen LogP contribution in [-0.2, 0) is 14.3 Å². The van der Waals surface area contributed by atoms with E-state index in [1.54, 1.807) is 41.3 Å². The number of para-hydroxylation sites is 1. The van der Waals surface area contributed by atoms with Crippen LogP contribution in [0.25, 0.3) is 0 Å². The zero-order valence-corrected chi connectivity index (χ0v) is 16.9. The summed E-state index contributed by atoms with van der Waals surface area (Å²) in [5.41, 5.74) is 1.84. The number of hydrogen-bond donors (Lipinski definition) is 1. The SMILES string of the molecule is CCN(CC)C(=O)c1cccc(NC(=O)COC(=O)COc2ccccc2C)c1. The number of anilines is 1. The molecular formula is C22H26N2O5. The first-order chi connectivity index (χ1) is 13.9. The summed E-state index contributed by atoms with van der Waals surface area (Å²) < 4.78 is 10.3. The smallest absolute Gasteiger partial charge is 0.344 e. The highest BCUT2D eigenvalue weighted by atomic mass is 16.6. The van der Waals surface area contributed by atoms with E-state index in [1.165, 1.54) is 0 Å². The fourth-order valence-electron chi connectivity index (χ4n) is 2.66. The topological polar surface area (TPSA) is 84.9 Å². The van der Waals surface area contributed by atoms with Gasteiger partial charge in [-0.1, -0.05) is 24.3 Å². The van der Waals surface area contributed by atoms with E-state index in [1.807, 2.05) is 32.9 Å². The number of carbonyl (C=O) groups is 3. The second-order valence-electron chi connectivity index (χ2n) is 6.32. The van der Waals surface area contributed by atoms with Crippen LogP contribution in [-0.4, -0.2) is 49.0 Å². The molecule has 7 nitrogen and oxygen atoms in total. The number of esters is 1. The lowest BCUT2D eigenvalue weighted by atomic mass is 10.1. The molecule has 0 heterocycles. The van der Waals surface area contributed by atoms with Crippen molar-refractivity contribution >= 4 is 23.5 Å². The quantitative estimate of drug-likeness (QED) is 0.657. The Morgan fingerprint density at radius 2 is 1.69 bits per heavy atom. The summed E-state index contributed by atoms with van der Waals surface area (Å²) in [5, 5.41) is 2.62. The Morgan fingerprint density at radius 3 is 2.38 bits per heavy atom. The number of benzene rings is 2. The maximum absolute atomic E-state index is 12.4. The molecule has 2 amide bonds. The predicted octanol–water partition coefficient (Wildman–Crippen LogP) is 3.04. The maximum atomic E-state index is 12.4. The minimum atomic E-state index is -0.645. The molecule has 0 radical (unpaired) electrons. The van der Waals surface area contributed by atoms with Crippen molar-refractivity contribution in [2.24, 2.45) is 0 Å². The van der Waals surface area contributed by atoms with Gasteiger partial charge in [0.15, 0.2) is 13.2 Å². The molecule has 0 aliphatic heterocycles. The van der Waals surface area contributed by atoms with Crippen molar-refractivity contribution in [2.45, 2.75) is 20.8 Å². The molecule has 0 aromatic heterocycles. The third-order valence-electron chi connectivity index (χ3n) is 4.25. The molecule has 0 aliphatic carbocycles. The van der Waals surface area contributed by atoms with Crippen LogP contribution in [0.5, 0.6) is 5.75 Å². The van der Waals surface area contributed by atoms with Gasteiger partial charge in [-0.3, -0.25) is 9.59 Å². The first-order valence-electron chi connectivity index (χ1n) is 9.47. The van der Waals surface area contributed by atoms with E-state index in [0.29, 0.717) is 30.1 Å². The summed E-state index contributed by atoms with van der Waals surface area (Å²) in [4.78, 5) is 37.9. The molecule has 0 aliphatic rings. The molecular weight excluding hydrogens is 372 g/mol. The lowest BCUT2D eigenvalue weighted by Crippen LogP contribution is -2.30. The Bertz CT molecular complexity index is 862. The van der Waals surface area contributed by atoms with Gasteiger partial charge in [0, 0.05) is 24.3 Å². The maximum Gasteiger partial charge on any atom is 0.344 e. The van der Waals surface area contributed by atoms with E-state index < -0.39 is 18.5 Å². The second-order valence-corrected chi connectivity index (χ2v) is 6.32. The normalized spacial score (nSPS) is 10.2. The van der Waals surface area contributed by atoms with Crippen molar-refractivity contribution in [3.8, 4) is 5.75 Å². The molecule has 0 unspecified atom stereocenters. The number of amides is 2. The molecule has 2 rings (SSSR count). The van der Waals surface area contributed by atoms with Gasteiger partial charge < -0.3 is 19.7 Å². The minimum Gasteiger partial charge on any atom is -0.482 e. The lowest BCUT2D eigenvalue weighted by molar-refractivity contribution is -0.149. The zero-order chi connectivity index (χ0) is 21.2. The number of aryl methyl sites for hydroxylation is 1. The van der Waals surface area contributed by atoms with Gasteiger partial charge in [-0.25, -0.2) is 4.79 Å². The van der Waals surface area contributed by atoms with Crippen LogP contribution >= 0.6 is 0 Å². The molecule has 0 spiro atoms. The van der Waals surface area contributed by atoms with E-state index in [2.05, 4.69) is 5.32 Å². The van der Waals surface area contributed by atoms with Crippen molar-refractivity contribution in [1.29, 1.82) is 0 Å². The molecule has 7 heteroatoms. The number of carbonyl (C=O) groups excluding carboxylic acids is 3. The monoisotopic (exact) mass is 398 g/mol. The highest BCUT2D eigenvalue weighted by Crippen LogP contribution is 2.16. The van der Waals surface area contributed by atoms with Crippen molar-refractivity contribution in [1.82, 2.24) is 4.90 Å². The van der Waals surface area contributed by atoms with Gasteiger partial charge in [0.2, 0.25) is 0 Å². The van der Waals surface area contributed by atoms with Gasteiger partial charge in [-0.15, -0.1) is 0 Å². The van der Waals surface area contributed by atoms with E-state index >= 15 is 0 Å². The number of nitrogens with one attached hydrogen (secondary N) is 1. The van der Waals surface area contributed by atoms with Gasteiger partial charge in [-0.05, 0) is 50.6 Å². The highest BCUT2D eigenvalue weighted by Gasteiger charge is 2.14. The summed E-state index contributed by atoms with van der Waals surface area (Å²) >= 11 is 0. The average Bonchev–Trinajstić information content (AvgIpc) is 2.72. The summed E-state index contributed by atoms with van der Waals surface area (Å²) in [5.74, 6) is -0.662. The van der Waals surface area contributed by atoms with Gasteiger partial charge in [-0.2, -0.15) is 0 Å². The summed E-state index contributed by atoms with van der Waals surface area (Å²) in [7, 11) is 0. The van der Waals surface area contributed by atoms with Crippen molar-refractivity contribution < 1.29 is 23.9 Å². The highest BCUT2D eigenvalue weighted by molar-refractivity contribution is 5.97. The van der Waals surface area contributed by atoms with E-state index in [-0.39, 0.29) is 12.5 Å².